The number of hydrogen-bond donors (Lipinski definition) is 10. The van der Waals surface area contributed by atoms with Crippen LogP contribution in [0.4, 0.5) is 0 Å². The van der Waals surface area contributed by atoms with Crippen molar-refractivity contribution < 1.29 is 81.6 Å². The van der Waals surface area contributed by atoms with E-state index in [-0.39, 0.29) is 19.6 Å². The monoisotopic (exact) mass is 641 g/mol. The fourth-order valence-electron chi connectivity index (χ4n) is 3.97. The first-order chi connectivity index (χ1) is 19.1. The van der Waals surface area contributed by atoms with Gasteiger partial charge in [0, 0.05) is 13.8 Å². The van der Waals surface area contributed by atoms with E-state index in [2.05, 4.69) is 10.6 Å². The standard InChI is InChI=1S/C19H37N3O17P2/c1-8(25)21-12-15(28)14(27)10(6-23)35-18(12)39-41(32,33)37-17-11(7-24)36-19(13(16(17)29)22-9(2)26)38-40(30,31)34-5-3-4-20/h10-19,23-24,27-29H,3-7,20H2,1-2H3,(H,21,25)(H,22,26)(H,30,31)(H,32,33)/t10-,11-,12-,13-,14-,15-,16-,17-,18-,19-/m1/s1. The van der Waals surface area contributed by atoms with Gasteiger partial charge in [0.2, 0.25) is 11.8 Å². The van der Waals surface area contributed by atoms with E-state index in [0.717, 1.165) is 13.8 Å². The molecule has 0 bridgehead atoms. The normalized spacial score (nSPS) is 37.0. The molecule has 0 radical (unpaired) electrons. The van der Waals surface area contributed by atoms with Gasteiger partial charge in [0.05, 0.1) is 19.8 Å². The van der Waals surface area contributed by atoms with Crippen molar-refractivity contribution in [2.75, 3.05) is 26.4 Å². The van der Waals surface area contributed by atoms with Gasteiger partial charge >= 0.3 is 15.6 Å². The van der Waals surface area contributed by atoms with Crippen molar-refractivity contribution in [3.05, 3.63) is 0 Å². The predicted molar refractivity (Wildman–Crippen MR) is 131 cm³/mol. The van der Waals surface area contributed by atoms with Gasteiger partial charge in [-0.1, -0.05) is 0 Å². The number of ether oxygens (including phenoxy) is 2. The molecule has 0 saturated carbocycles. The number of nitrogens with one attached hydrogen (secondary N) is 2. The largest absolute Gasteiger partial charge is 0.475 e. The molecule has 2 aliphatic heterocycles. The van der Waals surface area contributed by atoms with Crippen LogP contribution in [0.3, 0.4) is 0 Å². The Hall–Kier alpha value is -1.16. The summed E-state index contributed by atoms with van der Waals surface area (Å²) in [6.07, 6.45) is -14.6. The van der Waals surface area contributed by atoms with E-state index in [1.807, 2.05) is 0 Å². The Labute approximate surface area is 233 Å². The van der Waals surface area contributed by atoms with E-state index in [4.69, 9.17) is 33.3 Å². The third-order valence-corrected chi connectivity index (χ3v) is 7.77. The first-order valence-electron chi connectivity index (χ1n) is 12.2. The summed E-state index contributed by atoms with van der Waals surface area (Å²) < 4.78 is 55.5. The molecule has 0 aliphatic carbocycles. The highest BCUT2D eigenvalue weighted by atomic mass is 31.2. The van der Waals surface area contributed by atoms with Crippen molar-refractivity contribution >= 4 is 27.5 Å². The number of carbonyl (C=O) groups excluding carboxylic acids is 2. The molecule has 2 rings (SSSR count). The quantitative estimate of drug-likeness (QED) is 0.0631. The molecule has 2 unspecified atom stereocenters. The van der Waals surface area contributed by atoms with Crippen molar-refractivity contribution in [3.63, 3.8) is 0 Å². The molecule has 0 spiro atoms. The molecule has 2 heterocycles. The van der Waals surface area contributed by atoms with Gasteiger partial charge in [0.25, 0.3) is 0 Å². The highest BCUT2D eigenvalue weighted by Gasteiger charge is 2.53. The van der Waals surface area contributed by atoms with E-state index in [0.29, 0.717) is 0 Å². The highest BCUT2D eigenvalue weighted by Crippen LogP contribution is 2.51. The van der Waals surface area contributed by atoms with Gasteiger partial charge in [-0.15, -0.1) is 0 Å². The van der Waals surface area contributed by atoms with Crippen LogP contribution in [0.2, 0.25) is 0 Å². The van der Waals surface area contributed by atoms with Gasteiger partial charge in [0.15, 0.2) is 12.6 Å². The molecule has 20 nitrogen and oxygen atoms in total. The van der Waals surface area contributed by atoms with Crippen LogP contribution in [-0.2, 0) is 46.3 Å². The summed E-state index contributed by atoms with van der Waals surface area (Å²) in [5.41, 5.74) is 5.30. The zero-order valence-electron chi connectivity index (χ0n) is 22.0. The zero-order valence-corrected chi connectivity index (χ0v) is 23.8. The molecular formula is C19H37N3O17P2. The van der Waals surface area contributed by atoms with Gasteiger partial charge < -0.3 is 61.2 Å². The van der Waals surface area contributed by atoms with Gasteiger partial charge in [-0.05, 0) is 13.0 Å². The number of carbonyl (C=O) groups is 2. The molecule has 2 amide bonds. The second-order valence-electron chi connectivity index (χ2n) is 9.07. The Morgan fingerprint density at radius 1 is 0.805 bits per heavy atom. The summed E-state index contributed by atoms with van der Waals surface area (Å²) in [6, 6.07) is -3.37. The van der Waals surface area contributed by atoms with E-state index in [1.165, 1.54) is 0 Å². The topological polar surface area (TPSA) is 315 Å². The van der Waals surface area contributed by atoms with Gasteiger partial charge in [0.1, 0.15) is 48.7 Å². The molecule has 2 saturated heterocycles. The molecule has 11 N–H and O–H groups in total. The summed E-state index contributed by atoms with van der Waals surface area (Å²) in [6.45, 7) is -0.0261. The van der Waals surface area contributed by atoms with Crippen molar-refractivity contribution in [2.24, 2.45) is 5.73 Å². The number of amides is 2. The van der Waals surface area contributed by atoms with Crippen molar-refractivity contribution in [3.8, 4) is 0 Å². The first kappa shape index (κ1) is 36.0. The minimum Gasteiger partial charge on any atom is -0.394 e. The molecule has 240 valence electrons. The number of rotatable bonds is 14. The Morgan fingerprint density at radius 3 is 1.78 bits per heavy atom. The number of aliphatic hydroxyl groups is 5. The fraction of sp³-hybridized carbons (Fsp3) is 0.895. The summed E-state index contributed by atoms with van der Waals surface area (Å²) in [4.78, 5) is 43.9. The van der Waals surface area contributed by atoms with Crippen LogP contribution in [0.15, 0.2) is 0 Å². The van der Waals surface area contributed by atoms with Crippen molar-refractivity contribution in [2.45, 2.75) is 81.6 Å². The number of phosphoric acid groups is 2. The van der Waals surface area contributed by atoms with Crippen LogP contribution in [0.25, 0.3) is 0 Å². The molecule has 12 atom stereocenters. The molecule has 41 heavy (non-hydrogen) atoms. The second kappa shape index (κ2) is 15.5. The summed E-state index contributed by atoms with van der Waals surface area (Å²) >= 11 is 0. The number of hydrogen-bond acceptors (Lipinski definition) is 16. The van der Waals surface area contributed by atoms with Crippen molar-refractivity contribution in [1.82, 2.24) is 10.6 Å². The lowest BCUT2D eigenvalue weighted by Gasteiger charge is -2.45. The van der Waals surface area contributed by atoms with Gasteiger partial charge in [-0.25, -0.2) is 9.13 Å². The van der Waals surface area contributed by atoms with E-state index in [9.17, 15) is 54.0 Å². The Morgan fingerprint density at radius 2 is 1.29 bits per heavy atom. The maximum absolute atomic E-state index is 13.0. The van der Waals surface area contributed by atoms with Crippen LogP contribution in [-0.4, -0.2) is 135 Å². The number of nitrogens with two attached hydrogens (primary N) is 1. The molecular weight excluding hydrogens is 604 g/mol. The average molecular weight is 641 g/mol. The van der Waals surface area contributed by atoms with E-state index >= 15 is 0 Å². The Kier molecular flexibility index (Phi) is 13.6. The third kappa shape index (κ3) is 10.2. The van der Waals surface area contributed by atoms with E-state index < -0.39 is 102 Å². The van der Waals surface area contributed by atoms with Crippen LogP contribution in [0, 0.1) is 0 Å². The maximum Gasteiger partial charge on any atom is 0.475 e. The van der Waals surface area contributed by atoms with E-state index in [1.54, 1.807) is 0 Å². The zero-order chi connectivity index (χ0) is 31.1. The highest BCUT2D eigenvalue weighted by molar-refractivity contribution is 7.47. The number of phosphoric ester groups is 2. The SMILES string of the molecule is CC(=O)N[C@H]1[C@@H](OP(=O)(O)OCCCN)O[C@H](CO)[C@@H](OP(=O)(O)O[C@H]2O[C@H](CO)[C@@H](O)[C@H](O)[C@H]2NC(C)=O)[C@@H]1O. The minimum absolute atomic E-state index is 0.125. The maximum atomic E-state index is 13.0. The molecule has 2 fully saturated rings. The Balaban J connectivity index is 2.27. The summed E-state index contributed by atoms with van der Waals surface area (Å²) in [5, 5.41) is 55.0. The smallest absolute Gasteiger partial charge is 0.394 e. The first-order valence-corrected chi connectivity index (χ1v) is 15.2. The minimum atomic E-state index is -5.42. The van der Waals surface area contributed by atoms with Crippen LogP contribution >= 0.6 is 15.6 Å². The van der Waals surface area contributed by atoms with Crippen LogP contribution < -0.4 is 16.4 Å². The average Bonchev–Trinajstić information content (AvgIpc) is 2.86. The third-order valence-electron chi connectivity index (χ3n) is 5.81. The summed E-state index contributed by atoms with van der Waals surface area (Å²) in [5.74, 6) is -1.56. The molecule has 0 aromatic carbocycles. The molecule has 22 heteroatoms. The lowest BCUT2D eigenvalue weighted by molar-refractivity contribution is -0.259. The summed E-state index contributed by atoms with van der Waals surface area (Å²) in [7, 11) is -10.3. The predicted octanol–water partition coefficient (Wildman–Crippen LogP) is -4.50. The fourth-order valence-corrected chi connectivity index (χ4v) is 5.90. The number of aliphatic hydroxyl groups excluding tert-OH is 5. The Bertz CT molecular complexity index is 977. The van der Waals surface area contributed by atoms with Gasteiger partial charge in [-0.2, -0.15) is 0 Å². The van der Waals surface area contributed by atoms with Crippen LogP contribution in [0.5, 0.6) is 0 Å². The molecule has 0 aromatic rings. The van der Waals surface area contributed by atoms with Crippen molar-refractivity contribution in [1.29, 1.82) is 0 Å². The molecule has 2 aliphatic rings. The van der Waals surface area contributed by atoms with Crippen LogP contribution in [0.1, 0.15) is 20.3 Å². The van der Waals surface area contributed by atoms with Gasteiger partial charge in [-0.3, -0.25) is 27.7 Å². The lowest BCUT2D eigenvalue weighted by Crippen LogP contribution is -2.65. The molecule has 0 aromatic heterocycles. The lowest BCUT2D eigenvalue weighted by atomic mass is 9.97. The second-order valence-corrected chi connectivity index (χ2v) is 11.8.